The van der Waals surface area contributed by atoms with Crippen molar-refractivity contribution in [2.24, 2.45) is 0 Å². The molecular weight excluding hydrogens is 488 g/mol. The minimum atomic E-state index is -0.654. The molecule has 2 aromatic heterocycles. The molecule has 0 radical (unpaired) electrons. The summed E-state index contributed by atoms with van der Waals surface area (Å²) in [5.74, 6) is 1.87. The molecule has 5 rings (SSSR count). The Balaban J connectivity index is 1.35. The van der Waals surface area contributed by atoms with Crippen LogP contribution in [0.4, 0.5) is 4.79 Å². The summed E-state index contributed by atoms with van der Waals surface area (Å²) in [5.41, 5.74) is 1.79. The van der Waals surface area contributed by atoms with Crippen molar-refractivity contribution in [1.29, 1.82) is 0 Å². The second-order valence-electron chi connectivity index (χ2n) is 10.4. The molecule has 0 bridgehead atoms. The first-order chi connectivity index (χ1) is 18.2. The van der Waals surface area contributed by atoms with Crippen molar-refractivity contribution >= 4 is 12.0 Å². The van der Waals surface area contributed by atoms with E-state index in [4.69, 9.17) is 19.2 Å². The highest BCUT2D eigenvalue weighted by Gasteiger charge is 2.34. The second kappa shape index (κ2) is 10.3. The number of likely N-dealkylation sites (tertiary alicyclic amines) is 1. The lowest BCUT2D eigenvalue weighted by Crippen LogP contribution is -2.42. The molecule has 0 spiro atoms. The smallest absolute Gasteiger partial charge is 0.410 e. The molecule has 1 fully saturated rings. The van der Waals surface area contributed by atoms with E-state index in [0.29, 0.717) is 49.9 Å². The first kappa shape index (κ1) is 25.5. The zero-order valence-corrected chi connectivity index (χ0v) is 22.1. The van der Waals surface area contributed by atoms with Crippen molar-refractivity contribution in [2.75, 3.05) is 19.9 Å². The minimum absolute atomic E-state index is 0.0302. The monoisotopic (exact) mass is 520 g/mol. The van der Waals surface area contributed by atoms with E-state index in [1.807, 2.05) is 52.0 Å². The van der Waals surface area contributed by atoms with Gasteiger partial charge in [-0.25, -0.2) is 19.7 Å². The molecule has 1 unspecified atom stereocenters. The Morgan fingerprint density at radius 2 is 2.00 bits per heavy atom. The summed E-state index contributed by atoms with van der Waals surface area (Å²) in [6.45, 7) is 8.52. The van der Waals surface area contributed by atoms with Gasteiger partial charge in [-0.15, -0.1) is 0 Å². The summed E-state index contributed by atoms with van der Waals surface area (Å²) in [4.78, 5) is 42.9. The van der Waals surface area contributed by atoms with Crippen molar-refractivity contribution in [3.8, 4) is 17.4 Å². The zero-order chi connectivity index (χ0) is 26.9. The number of hydrogen-bond acceptors (Lipinski definition) is 8. The molecule has 1 aromatic carbocycles. The third-order valence-corrected chi connectivity index (χ3v) is 6.34. The van der Waals surface area contributed by atoms with Crippen molar-refractivity contribution in [1.82, 2.24) is 29.3 Å². The first-order valence-corrected chi connectivity index (χ1v) is 12.7. The standard InChI is InChI=1S/C27H32N6O5/c1-18-13-20(30-25(29-18)32-10-9-28-16-32)21-6-8-24(34)33(21)12-11-31(26(35)38-27(2,3)4)15-19-5-7-22-23(14-19)37-17-36-22/h5,7,9-10,13-14,16,21H,6,8,11-12,15,17H2,1-4H3. The van der Waals surface area contributed by atoms with Crippen LogP contribution >= 0.6 is 0 Å². The lowest BCUT2D eigenvalue weighted by molar-refractivity contribution is -0.129. The van der Waals surface area contributed by atoms with Crippen LogP contribution in [0.15, 0.2) is 43.0 Å². The van der Waals surface area contributed by atoms with Crippen LogP contribution in [0.5, 0.6) is 11.5 Å². The maximum Gasteiger partial charge on any atom is 0.410 e. The van der Waals surface area contributed by atoms with E-state index >= 15 is 0 Å². The minimum Gasteiger partial charge on any atom is -0.454 e. The zero-order valence-electron chi connectivity index (χ0n) is 22.1. The summed E-state index contributed by atoms with van der Waals surface area (Å²) in [7, 11) is 0. The lowest BCUT2D eigenvalue weighted by Gasteiger charge is -2.31. The molecule has 3 aromatic rings. The van der Waals surface area contributed by atoms with E-state index in [0.717, 1.165) is 17.0 Å². The number of imidazole rings is 1. The number of hydrogen-bond donors (Lipinski definition) is 0. The van der Waals surface area contributed by atoms with Crippen LogP contribution in [0, 0.1) is 6.92 Å². The summed E-state index contributed by atoms with van der Waals surface area (Å²) < 4.78 is 18.3. The molecule has 0 aliphatic carbocycles. The number of carbonyl (C=O) groups is 2. The highest BCUT2D eigenvalue weighted by atomic mass is 16.7. The molecule has 38 heavy (non-hydrogen) atoms. The molecule has 0 N–H and O–H groups in total. The van der Waals surface area contributed by atoms with E-state index in [1.165, 1.54) is 0 Å². The SMILES string of the molecule is Cc1cc(C2CCC(=O)N2CCN(Cc2ccc3c(c2)OCO3)C(=O)OC(C)(C)C)nc(-n2ccnc2)n1. The first-order valence-electron chi connectivity index (χ1n) is 12.7. The van der Waals surface area contributed by atoms with E-state index in [9.17, 15) is 9.59 Å². The number of ether oxygens (including phenoxy) is 3. The van der Waals surface area contributed by atoms with Crippen molar-refractivity contribution < 1.29 is 23.8 Å². The number of carbonyl (C=O) groups excluding carboxylic acids is 2. The maximum atomic E-state index is 13.2. The predicted molar refractivity (Wildman–Crippen MR) is 137 cm³/mol. The average Bonchev–Trinajstić information content (AvgIpc) is 3.61. The van der Waals surface area contributed by atoms with E-state index in [2.05, 4.69) is 9.97 Å². The van der Waals surface area contributed by atoms with Crippen molar-refractivity contribution in [3.63, 3.8) is 0 Å². The third-order valence-electron chi connectivity index (χ3n) is 6.34. The Labute approximate surface area is 221 Å². The van der Waals surface area contributed by atoms with Gasteiger partial charge in [-0.3, -0.25) is 9.36 Å². The fourth-order valence-electron chi connectivity index (χ4n) is 4.61. The predicted octanol–water partition coefficient (Wildman–Crippen LogP) is 3.80. The average molecular weight is 521 g/mol. The van der Waals surface area contributed by atoms with Crippen LogP contribution < -0.4 is 9.47 Å². The number of fused-ring (bicyclic) bond motifs is 1. The van der Waals surface area contributed by atoms with E-state index in [-0.39, 0.29) is 18.7 Å². The van der Waals surface area contributed by atoms with Crippen LogP contribution in [-0.4, -0.2) is 66.8 Å². The summed E-state index contributed by atoms with van der Waals surface area (Å²) in [6, 6.07) is 7.30. The van der Waals surface area contributed by atoms with Crippen LogP contribution in [-0.2, 0) is 16.1 Å². The third kappa shape index (κ3) is 5.71. The molecular formula is C27H32N6O5. The van der Waals surface area contributed by atoms with Crippen molar-refractivity contribution in [2.45, 2.75) is 58.7 Å². The number of nitrogens with zero attached hydrogens (tertiary/aromatic N) is 6. The van der Waals surface area contributed by atoms with Gasteiger partial charge in [-0.1, -0.05) is 6.07 Å². The molecule has 1 saturated heterocycles. The fraction of sp³-hybridized carbons (Fsp3) is 0.444. The van der Waals surface area contributed by atoms with Gasteiger partial charge in [-0.2, -0.15) is 0 Å². The number of amides is 2. The second-order valence-corrected chi connectivity index (χ2v) is 10.4. The Kier molecular flexibility index (Phi) is 6.92. The normalized spacial score (nSPS) is 16.7. The molecule has 0 saturated carbocycles. The number of benzene rings is 1. The Morgan fingerprint density at radius 1 is 1.18 bits per heavy atom. The maximum absolute atomic E-state index is 13.2. The van der Waals surface area contributed by atoms with Gasteiger partial charge < -0.3 is 24.0 Å². The van der Waals surface area contributed by atoms with Gasteiger partial charge in [0.05, 0.1) is 11.7 Å². The van der Waals surface area contributed by atoms with Gasteiger partial charge in [0.1, 0.15) is 11.9 Å². The highest BCUT2D eigenvalue weighted by molar-refractivity contribution is 5.79. The van der Waals surface area contributed by atoms with Gasteiger partial charge >= 0.3 is 6.09 Å². The van der Waals surface area contributed by atoms with Crippen LogP contribution in [0.25, 0.3) is 5.95 Å². The summed E-state index contributed by atoms with van der Waals surface area (Å²) in [5, 5.41) is 0. The fourth-order valence-corrected chi connectivity index (χ4v) is 4.61. The van der Waals surface area contributed by atoms with Crippen molar-refractivity contribution in [3.05, 3.63) is 59.9 Å². The summed E-state index contributed by atoms with van der Waals surface area (Å²) in [6.07, 6.45) is 5.72. The number of aryl methyl sites for hydroxylation is 1. The lowest BCUT2D eigenvalue weighted by atomic mass is 10.1. The molecule has 200 valence electrons. The number of rotatable bonds is 7. The molecule has 2 amide bonds. The van der Waals surface area contributed by atoms with Gasteiger partial charge in [0.15, 0.2) is 11.5 Å². The van der Waals surface area contributed by atoms with Crippen LogP contribution in [0.1, 0.15) is 56.6 Å². The quantitative estimate of drug-likeness (QED) is 0.463. The molecule has 2 aliphatic heterocycles. The Morgan fingerprint density at radius 3 is 2.76 bits per heavy atom. The molecule has 11 heteroatoms. The molecule has 11 nitrogen and oxygen atoms in total. The summed E-state index contributed by atoms with van der Waals surface area (Å²) >= 11 is 0. The Hall–Kier alpha value is -4.15. The highest BCUT2D eigenvalue weighted by Crippen LogP contribution is 2.34. The van der Waals surface area contributed by atoms with Gasteiger partial charge in [0, 0.05) is 44.1 Å². The topological polar surface area (TPSA) is 112 Å². The van der Waals surface area contributed by atoms with Gasteiger partial charge in [0.2, 0.25) is 18.6 Å². The van der Waals surface area contributed by atoms with Gasteiger partial charge in [-0.05, 0) is 57.9 Å². The molecule has 2 aliphatic rings. The van der Waals surface area contributed by atoms with E-state index < -0.39 is 11.7 Å². The number of aromatic nitrogens is 4. The Bertz CT molecular complexity index is 1320. The van der Waals surface area contributed by atoms with Crippen LogP contribution in [0.2, 0.25) is 0 Å². The van der Waals surface area contributed by atoms with Crippen LogP contribution in [0.3, 0.4) is 0 Å². The largest absolute Gasteiger partial charge is 0.454 e. The van der Waals surface area contributed by atoms with E-state index in [1.54, 1.807) is 33.1 Å². The molecule has 1 atom stereocenters. The van der Waals surface area contributed by atoms with Gasteiger partial charge in [0.25, 0.3) is 0 Å². The molecule has 4 heterocycles.